The van der Waals surface area contributed by atoms with Crippen molar-refractivity contribution in [2.75, 3.05) is 37.0 Å². The van der Waals surface area contributed by atoms with Gasteiger partial charge in [0.15, 0.2) is 0 Å². The van der Waals surface area contributed by atoms with Crippen LogP contribution in [0.1, 0.15) is 26.3 Å². The van der Waals surface area contributed by atoms with E-state index in [4.69, 9.17) is 0 Å². The summed E-state index contributed by atoms with van der Waals surface area (Å²) >= 11 is 0. The molecule has 1 N–H and O–H groups in total. The second-order valence-electron chi connectivity index (χ2n) is 6.63. The lowest BCUT2D eigenvalue weighted by Crippen LogP contribution is -2.57. The van der Waals surface area contributed by atoms with Gasteiger partial charge in [0.2, 0.25) is 0 Å². The number of nitrogens with zero attached hydrogens (tertiary/aromatic N) is 2. The molecule has 3 heteroatoms. The van der Waals surface area contributed by atoms with Crippen molar-refractivity contribution in [2.24, 2.45) is 5.92 Å². The lowest BCUT2D eigenvalue weighted by atomic mass is 9.99. The Bertz CT molecular complexity index is 454. The Morgan fingerprint density at radius 1 is 1.30 bits per heavy atom. The molecular formula is C17H29N3. The van der Waals surface area contributed by atoms with Crippen LogP contribution in [-0.2, 0) is 0 Å². The number of aryl methyl sites for hydroxylation is 1. The summed E-state index contributed by atoms with van der Waals surface area (Å²) in [4.78, 5) is 4.75. The van der Waals surface area contributed by atoms with Crippen LogP contribution in [-0.4, -0.2) is 39.3 Å². The molecule has 1 aromatic carbocycles. The predicted molar refractivity (Wildman–Crippen MR) is 88.9 cm³/mol. The van der Waals surface area contributed by atoms with Gasteiger partial charge in [0, 0.05) is 50.6 Å². The van der Waals surface area contributed by atoms with Gasteiger partial charge in [-0.2, -0.15) is 0 Å². The van der Waals surface area contributed by atoms with Gasteiger partial charge in [-0.25, -0.2) is 0 Å². The van der Waals surface area contributed by atoms with Crippen molar-refractivity contribution < 1.29 is 0 Å². The fourth-order valence-electron chi connectivity index (χ4n) is 2.95. The number of hydrogen-bond donors (Lipinski definition) is 1. The van der Waals surface area contributed by atoms with Crippen LogP contribution < -0.4 is 15.1 Å². The standard InChI is InChI=1S/C17H29N3/c1-12(2)16-11-20(14(4)10-18-16)15-8-7-13(3)17(9-15)19(5)6/h7-9,12,14,16,18H,10-11H2,1-6H3. The van der Waals surface area contributed by atoms with Crippen LogP contribution in [0.25, 0.3) is 0 Å². The van der Waals surface area contributed by atoms with Crippen molar-refractivity contribution in [1.82, 2.24) is 5.32 Å². The summed E-state index contributed by atoms with van der Waals surface area (Å²) in [6.45, 7) is 11.2. The summed E-state index contributed by atoms with van der Waals surface area (Å²) in [6.07, 6.45) is 0. The Hall–Kier alpha value is -1.22. The van der Waals surface area contributed by atoms with Gasteiger partial charge in [-0.15, -0.1) is 0 Å². The second kappa shape index (κ2) is 6.04. The fraction of sp³-hybridized carbons (Fsp3) is 0.647. The largest absolute Gasteiger partial charge is 0.377 e. The lowest BCUT2D eigenvalue weighted by molar-refractivity contribution is 0.337. The van der Waals surface area contributed by atoms with Crippen LogP contribution in [0.5, 0.6) is 0 Å². The van der Waals surface area contributed by atoms with Crippen LogP contribution in [0.4, 0.5) is 11.4 Å². The summed E-state index contributed by atoms with van der Waals surface area (Å²) in [5, 5.41) is 3.66. The van der Waals surface area contributed by atoms with Gasteiger partial charge in [-0.1, -0.05) is 19.9 Å². The molecule has 2 unspecified atom stereocenters. The molecular weight excluding hydrogens is 246 g/mol. The average Bonchev–Trinajstić information content (AvgIpc) is 2.39. The number of benzene rings is 1. The molecule has 1 fully saturated rings. The topological polar surface area (TPSA) is 18.5 Å². The highest BCUT2D eigenvalue weighted by atomic mass is 15.2. The molecule has 1 aliphatic rings. The van der Waals surface area contributed by atoms with Gasteiger partial charge in [0.1, 0.15) is 0 Å². The van der Waals surface area contributed by atoms with E-state index in [-0.39, 0.29) is 0 Å². The minimum Gasteiger partial charge on any atom is -0.377 e. The zero-order chi connectivity index (χ0) is 14.9. The van der Waals surface area contributed by atoms with E-state index in [2.05, 4.69) is 75.1 Å². The van der Waals surface area contributed by atoms with Crippen LogP contribution in [0.2, 0.25) is 0 Å². The van der Waals surface area contributed by atoms with Gasteiger partial charge in [-0.05, 0) is 37.5 Å². The molecule has 3 nitrogen and oxygen atoms in total. The number of anilines is 2. The molecule has 0 saturated carbocycles. The van der Waals surface area contributed by atoms with Crippen LogP contribution in [0, 0.1) is 12.8 Å². The number of hydrogen-bond acceptors (Lipinski definition) is 3. The molecule has 0 aromatic heterocycles. The average molecular weight is 275 g/mol. The molecule has 1 heterocycles. The van der Waals surface area contributed by atoms with Crippen LogP contribution >= 0.6 is 0 Å². The molecule has 0 radical (unpaired) electrons. The Morgan fingerprint density at radius 3 is 2.60 bits per heavy atom. The second-order valence-corrected chi connectivity index (χ2v) is 6.63. The first-order valence-corrected chi connectivity index (χ1v) is 7.68. The molecule has 0 aliphatic carbocycles. The van der Waals surface area contributed by atoms with E-state index >= 15 is 0 Å². The third kappa shape index (κ3) is 3.09. The highest BCUT2D eigenvalue weighted by Gasteiger charge is 2.27. The molecule has 1 aliphatic heterocycles. The maximum Gasteiger partial charge on any atom is 0.0411 e. The quantitative estimate of drug-likeness (QED) is 0.915. The van der Waals surface area contributed by atoms with Crippen molar-refractivity contribution in [3.63, 3.8) is 0 Å². The monoisotopic (exact) mass is 275 g/mol. The van der Waals surface area contributed by atoms with Crippen LogP contribution in [0.15, 0.2) is 18.2 Å². The first kappa shape index (κ1) is 15.2. The van der Waals surface area contributed by atoms with E-state index in [9.17, 15) is 0 Å². The zero-order valence-electron chi connectivity index (χ0n) is 13.8. The Morgan fingerprint density at radius 2 is 2.00 bits per heavy atom. The van der Waals surface area contributed by atoms with E-state index in [1.807, 2.05) is 0 Å². The van der Waals surface area contributed by atoms with Gasteiger partial charge in [0.05, 0.1) is 0 Å². The molecule has 20 heavy (non-hydrogen) atoms. The Balaban J connectivity index is 2.27. The molecule has 0 amide bonds. The summed E-state index contributed by atoms with van der Waals surface area (Å²) in [7, 11) is 4.23. The summed E-state index contributed by atoms with van der Waals surface area (Å²) in [5.74, 6) is 0.670. The smallest absolute Gasteiger partial charge is 0.0411 e. The van der Waals surface area contributed by atoms with Gasteiger partial charge in [-0.3, -0.25) is 0 Å². The number of nitrogens with one attached hydrogen (secondary N) is 1. The van der Waals surface area contributed by atoms with Gasteiger partial charge in [0.25, 0.3) is 0 Å². The van der Waals surface area contributed by atoms with Crippen molar-refractivity contribution in [1.29, 1.82) is 0 Å². The van der Waals surface area contributed by atoms with Crippen LogP contribution in [0.3, 0.4) is 0 Å². The third-order valence-corrected chi connectivity index (χ3v) is 4.41. The molecule has 1 saturated heterocycles. The first-order chi connectivity index (χ1) is 9.40. The van der Waals surface area contributed by atoms with Crippen molar-refractivity contribution in [2.45, 2.75) is 39.8 Å². The summed E-state index contributed by atoms with van der Waals surface area (Å²) in [5.41, 5.74) is 4.00. The van der Waals surface area contributed by atoms with E-state index in [1.165, 1.54) is 16.9 Å². The maximum atomic E-state index is 3.66. The zero-order valence-corrected chi connectivity index (χ0v) is 13.8. The number of rotatable bonds is 3. The highest BCUT2D eigenvalue weighted by molar-refractivity contribution is 5.63. The molecule has 1 aromatic rings. The molecule has 0 spiro atoms. The minimum atomic E-state index is 0.544. The summed E-state index contributed by atoms with van der Waals surface area (Å²) < 4.78 is 0. The molecule has 2 atom stereocenters. The lowest BCUT2D eigenvalue weighted by Gasteiger charge is -2.42. The maximum absolute atomic E-state index is 3.66. The molecule has 2 rings (SSSR count). The van der Waals surface area contributed by atoms with E-state index < -0.39 is 0 Å². The van der Waals surface area contributed by atoms with E-state index in [0.717, 1.165) is 13.1 Å². The SMILES string of the molecule is Cc1ccc(N2CC(C(C)C)NCC2C)cc1N(C)C. The van der Waals surface area contributed by atoms with Crippen molar-refractivity contribution >= 4 is 11.4 Å². The van der Waals surface area contributed by atoms with Gasteiger partial charge < -0.3 is 15.1 Å². The normalized spacial score (nSPS) is 23.2. The van der Waals surface area contributed by atoms with E-state index in [1.54, 1.807) is 0 Å². The summed E-state index contributed by atoms with van der Waals surface area (Å²) in [6, 6.07) is 7.96. The Labute approximate surface area is 124 Å². The van der Waals surface area contributed by atoms with Crippen molar-refractivity contribution in [3.05, 3.63) is 23.8 Å². The fourth-order valence-corrected chi connectivity index (χ4v) is 2.95. The minimum absolute atomic E-state index is 0.544. The first-order valence-electron chi connectivity index (χ1n) is 7.68. The third-order valence-electron chi connectivity index (χ3n) is 4.41. The number of piperazine rings is 1. The molecule has 0 bridgehead atoms. The molecule has 112 valence electrons. The predicted octanol–water partition coefficient (Wildman–Crippen LogP) is 2.88. The highest BCUT2D eigenvalue weighted by Crippen LogP contribution is 2.28. The van der Waals surface area contributed by atoms with Crippen molar-refractivity contribution in [3.8, 4) is 0 Å². The van der Waals surface area contributed by atoms with Gasteiger partial charge >= 0.3 is 0 Å². The van der Waals surface area contributed by atoms with E-state index in [0.29, 0.717) is 18.0 Å². The Kier molecular flexibility index (Phi) is 4.59.